The van der Waals surface area contributed by atoms with Crippen molar-refractivity contribution in [2.45, 2.75) is 11.8 Å². The van der Waals surface area contributed by atoms with Crippen LogP contribution < -0.4 is 10.0 Å². The number of nitro benzene ring substituents is 1. The number of hydrogen-bond acceptors (Lipinski definition) is 7. The summed E-state index contributed by atoms with van der Waals surface area (Å²) in [4.78, 5) is 9.87. The number of nitrogens with zero attached hydrogens (tertiary/aromatic N) is 2. The van der Waals surface area contributed by atoms with Gasteiger partial charge in [-0.25, -0.2) is 8.42 Å². The van der Waals surface area contributed by atoms with Crippen molar-refractivity contribution in [3.8, 4) is 0 Å². The van der Waals surface area contributed by atoms with Gasteiger partial charge in [-0.1, -0.05) is 5.16 Å². The highest BCUT2D eigenvalue weighted by Gasteiger charge is 2.23. The molecule has 0 bridgehead atoms. The SMILES string of the molecule is CNc1ccc([N+](=O)[O-])cc1S(=O)(=O)Nc1cc(C)on1. The first-order valence-corrected chi connectivity index (χ1v) is 7.24. The van der Waals surface area contributed by atoms with E-state index < -0.39 is 14.9 Å². The molecule has 1 heterocycles. The lowest BCUT2D eigenvalue weighted by molar-refractivity contribution is -0.385. The largest absolute Gasteiger partial charge is 0.387 e. The number of benzene rings is 1. The van der Waals surface area contributed by atoms with E-state index in [2.05, 4.69) is 15.2 Å². The first-order chi connectivity index (χ1) is 9.83. The summed E-state index contributed by atoms with van der Waals surface area (Å²) in [5, 5.41) is 17.0. The van der Waals surface area contributed by atoms with Crippen molar-refractivity contribution in [1.29, 1.82) is 0 Å². The molecule has 21 heavy (non-hydrogen) atoms. The molecule has 0 amide bonds. The van der Waals surface area contributed by atoms with Crippen LogP contribution in [0.25, 0.3) is 0 Å². The summed E-state index contributed by atoms with van der Waals surface area (Å²) in [5.74, 6) is 0.432. The molecule has 2 N–H and O–H groups in total. The number of aromatic nitrogens is 1. The van der Waals surface area contributed by atoms with Crippen LogP contribution in [0.5, 0.6) is 0 Å². The van der Waals surface area contributed by atoms with E-state index in [1.165, 1.54) is 25.2 Å². The van der Waals surface area contributed by atoms with Gasteiger partial charge < -0.3 is 9.84 Å². The standard InChI is InChI=1S/C11H12N4O5S/c1-7-5-11(13-20-7)14-21(18,19)10-6-8(15(16)17)3-4-9(10)12-2/h3-6,12H,1-2H3,(H,13,14). The second-order valence-corrected chi connectivity index (χ2v) is 5.77. The fourth-order valence-corrected chi connectivity index (χ4v) is 2.88. The van der Waals surface area contributed by atoms with Crippen molar-refractivity contribution < 1.29 is 17.9 Å². The Bertz CT molecular complexity index is 784. The fraction of sp³-hybridized carbons (Fsp3) is 0.182. The Hall–Kier alpha value is -2.62. The maximum Gasteiger partial charge on any atom is 0.270 e. The minimum atomic E-state index is -4.04. The van der Waals surface area contributed by atoms with Gasteiger partial charge in [0.2, 0.25) is 0 Å². The first-order valence-electron chi connectivity index (χ1n) is 5.76. The minimum Gasteiger partial charge on any atom is -0.387 e. The number of hydrogen-bond donors (Lipinski definition) is 2. The Kier molecular flexibility index (Phi) is 3.80. The van der Waals surface area contributed by atoms with Crippen LogP contribution in [0.2, 0.25) is 0 Å². The van der Waals surface area contributed by atoms with Gasteiger partial charge in [0.05, 0.1) is 10.6 Å². The average molecular weight is 312 g/mol. The molecule has 0 aliphatic heterocycles. The zero-order chi connectivity index (χ0) is 15.6. The third-order valence-electron chi connectivity index (χ3n) is 2.60. The molecular weight excluding hydrogens is 300 g/mol. The Morgan fingerprint density at radius 2 is 2.05 bits per heavy atom. The van der Waals surface area contributed by atoms with Crippen molar-refractivity contribution in [3.05, 3.63) is 40.1 Å². The van der Waals surface area contributed by atoms with Gasteiger partial charge in [0.25, 0.3) is 15.7 Å². The van der Waals surface area contributed by atoms with Gasteiger partial charge in [-0.05, 0) is 13.0 Å². The Labute approximate surface area is 120 Å². The third-order valence-corrected chi connectivity index (χ3v) is 4.00. The number of nitro groups is 1. The van der Waals surface area contributed by atoms with Crippen molar-refractivity contribution in [2.75, 3.05) is 17.1 Å². The molecule has 0 unspecified atom stereocenters. The molecule has 0 aliphatic carbocycles. The Balaban J connectivity index is 2.47. The van der Waals surface area contributed by atoms with Crippen LogP contribution in [-0.2, 0) is 10.0 Å². The number of nitrogens with one attached hydrogen (secondary N) is 2. The summed E-state index contributed by atoms with van der Waals surface area (Å²) < 4.78 is 31.6. The van der Waals surface area contributed by atoms with Crippen LogP contribution in [0.3, 0.4) is 0 Å². The van der Waals surface area contributed by atoms with Crippen LogP contribution in [0, 0.1) is 17.0 Å². The number of anilines is 2. The van der Waals surface area contributed by atoms with Crippen LogP contribution in [-0.4, -0.2) is 25.5 Å². The lowest BCUT2D eigenvalue weighted by atomic mass is 10.3. The number of aryl methyl sites for hydroxylation is 1. The normalized spacial score (nSPS) is 11.1. The first kappa shape index (κ1) is 14.8. The highest BCUT2D eigenvalue weighted by molar-refractivity contribution is 7.92. The summed E-state index contributed by atoms with van der Waals surface area (Å²) in [6, 6.07) is 4.90. The molecule has 9 nitrogen and oxygen atoms in total. The van der Waals surface area contributed by atoms with E-state index in [0.29, 0.717) is 5.76 Å². The quantitative estimate of drug-likeness (QED) is 0.635. The topological polar surface area (TPSA) is 127 Å². The summed E-state index contributed by atoms with van der Waals surface area (Å²) >= 11 is 0. The maximum absolute atomic E-state index is 12.3. The van der Waals surface area contributed by atoms with Crippen LogP contribution >= 0.6 is 0 Å². The molecule has 0 aliphatic rings. The van der Waals surface area contributed by atoms with Crippen LogP contribution in [0.4, 0.5) is 17.2 Å². The zero-order valence-electron chi connectivity index (χ0n) is 11.2. The van der Waals surface area contributed by atoms with Crippen LogP contribution in [0.1, 0.15) is 5.76 Å². The van der Waals surface area contributed by atoms with Gasteiger partial charge in [-0.2, -0.15) is 0 Å². The number of non-ortho nitro benzene ring substituents is 1. The summed E-state index contributed by atoms with van der Waals surface area (Å²) in [7, 11) is -2.52. The molecule has 2 rings (SSSR count). The van der Waals surface area contributed by atoms with Crippen molar-refractivity contribution in [3.63, 3.8) is 0 Å². The molecule has 2 aromatic rings. The van der Waals surface area contributed by atoms with Crippen molar-refractivity contribution in [1.82, 2.24) is 5.16 Å². The second-order valence-electron chi connectivity index (χ2n) is 4.12. The molecule has 0 spiro atoms. The minimum absolute atomic E-state index is 0.000981. The molecule has 0 fully saturated rings. The van der Waals surface area contributed by atoms with Gasteiger partial charge in [-0.3, -0.25) is 14.8 Å². The number of rotatable bonds is 5. The highest BCUT2D eigenvalue weighted by atomic mass is 32.2. The van der Waals surface area contributed by atoms with Gasteiger partial charge in [0.1, 0.15) is 10.7 Å². The average Bonchev–Trinajstić information content (AvgIpc) is 2.82. The van der Waals surface area contributed by atoms with E-state index in [9.17, 15) is 18.5 Å². The smallest absolute Gasteiger partial charge is 0.270 e. The van der Waals surface area contributed by atoms with E-state index in [0.717, 1.165) is 6.07 Å². The van der Waals surface area contributed by atoms with E-state index >= 15 is 0 Å². The van der Waals surface area contributed by atoms with Gasteiger partial charge in [0.15, 0.2) is 5.82 Å². The molecule has 0 saturated heterocycles. The van der Waals surface area contributed by atoms with Gasteiger partial charge in [0, 0.05) is 25.2 Å². The lowest BCUT2D eigenvalue weighted by Crippen LogP contribution is -2.15. The van der Waals surface area contributed by atoms with E-state index in [1.807, 2.05) is 0 Å². The predicted octanol–water partition coefficient (Wildman–Crippen LogP) is 1.73. The molecule has 0 radical (unpaired) electrons. The molecule has 0 atom stereocenters. The molecule has 1 aromatic heterocycles. The van der Waals surface area contributed by atoms with E-state index in [-0.39, 0.29) is 22.1 Å². The fourth-order valence-electron chi connectivity index (χ4n) is 1.66. The van der Waals surface area contributed by atoms with E-state index in [1.54, 1.807) is 6.92 Å². The van der Waals surface area contributed by atoms with Crippen molar-refractivity contribution >= 4 is 27.2 Å². The summed E-state index contributed by atoms with van der Waals surface area (Å²) in [6.45, 7) is 1.61. The number of sulfonamides is 1. The Morgan fingerprint density at radius 1 is 1.33 bits per heavy atom. The van der Waals surface area contributed by atoms with Crippen LogP contribution in [0.15, 0.2) is 33.7 Å². The lowest BCUT2D eigenvalue weighted by Gasteiger charge is -2.10. The zero-order valence-corrected chi connectivity index (χ0v) is 12.0. The van der Waals surface area contributed by atoms with Crippen molar-refractivity contribution in [2.24, 2.45) is 0 Å². The summed E-state index contributed by atoms with van der Waals surface area (Å²) in [6.07, 6.45) is 0. The molecule has 0 saturated carbocycles. The predicted molar refractivity (Wildman–Crippen MR) is 74.7 cm³/mol. The highest BCUT2D eigenvalue weighted by Crippen LogP contribution is 2.27. The van der Waals surface area contributed by atoms with Gasteiger partial charge in [-0.15, -0.1) is 0 Å². The Morgan fingerprint density at radius 3 is 2.57 bits per heavy atom. The molecule has 1 aromatic carbocycles. The maximum atomic E-state index is 12.3. The molecule has 112 valence electrons. The van der Waals surface area contributed by atoms with Gasteiger partial charge >= 0.3 is 0 Å². The van der Waals surface area contributed by atoms with E-state index in [4.69, 9.17) is 4.52 Å². The third kappa shape index (κ3) is 3.11. The monoisotopic (exact) mass is 312 g/mol. The molecule has 10 heteroatoms. The summed E-state index contributed by atoms with van der Waals surface area (Å²) in [5.41, 5.74) is -0.0981. The second kappa shape index (κ2) is 5.40. The molecular formula is C11H12N4O5S.